The highest BCUT2D eigenvalue weighted by Crippen LogP contribution is 2.33. The molecule has 116 valence electrons. The predicted molar refractivity (Wildman–Crippen MR) is 72.0 cm³/mol. The fourth-order valence-corrected chi connectivity index (χ4v) is 1.73. The fourth-order valence-electron chi connectivity index (χ4n) is 1.73. The van der Waals surface area contributed by atoms with E-state index in [1.807, 2.05) is 0 Å². The molecule has 2 aromatic rings. The number of rotatable bonds is 5. The van der Waals surface area contributed by atoms with Crippen molar-refractivity contribution in [2.24, 2.45) is 0 Å². The molecule has 1 aromatic heterocycles. The van der Waals surface area contributed by atoms with Gasteiger partial charge in [0, 0.05) is 6.54 Å². The molecular formula is C13H11F3N4O2. The van der Waals surface area contributed by atoms with Gasteiger partial charge in [-0.25, -0.2) is 4.79 Å². The average molecular weight is 312 g/mol. The minimum absolute atomic E-state index is 0.135. The van der Waals surface area contributed by atoms with Crippen molar-refractivity contribution in [3.63, 3.8) is 0 Å². The van der Waals surface area contributed by atoms with Crippen molar-refractivity contribution in [2.75, 3.05) is 11.9 Å². The van der Waals surface area contributed by atoms with Crippen LogP contribution in [-0.4, -0.2) is 32.6 Å². The fraction of sp³-hybridized carbons (Fsp3) is 0.154. The molecule has 0 amide bonds. The zero-order chi connectivity index (χ0) is 16.3. The quantitative estimate of drug-likeness (QED) is 0.830. The molecule has 0 fully saturated rings. The number of para-hydroxylation sites is 1. The van der Waals surface area contributed by atoms with Crippen molar-refractivity contribution in [2.45, 2.75) is 6.18 Å². The zero-order valence-corrected chi connectivity index (χ0v) is 11.1. The Balaban J connectivity index is 2.54. The van der Waals surface area contributed by atoms with Crippen LogP contribution in [0.25, 0.3) is 5.69 Å². The molecule has 0 radical (unpaired) electrons. The normalized spacial score (nSPS) is 11.2. The first kappa shape index (κ1) is 15.5. The van der Waals surface area contributed by atoms with Gasteiger partial charge in [0.05, 0.1) is 11.3 Å². The maximum atomic E-state index is 13.0. The summed E-state index contributed by atoms with van der Waals surface area (Å²) in [5.41, 5.74) is -1.79. The summed E-state index contributed by atoms with van der Waals surface area (Å²) in [7, 11) is 0. The lowest BCUT2D eigenvalue weighted by Gasteiger charge is -2.11. The van der Waals surface area contributed by atoms with Crippen molar-refractivity contribution in [3.05, 3.63) is 48.2 Å². The van der Waals surface area contributed by atoms with E-state index in [-0.39, 0.29) is 18.1 Å². The van der Waals surface area contributed by atoms with E-state index in [0.29, 0.717) is 4.80 Å². The molecule has 6 nitrogen and oxygen atoms in total. The Morgan fingerprint density at radius 2 is 2.05 bits per heavy atom. The molecule has 0 aliphatic rings. The van der Waals surface area contributed by atoms with Crippen molar-refractivity contribution >= 4 is 11.8 Å². The summed E-state index contributed by atoms with van der Waals surface area (Å²) in [5, 5.41) is 19.1. The monoisotopic (exact) mass is 312 g/mol. The first-order chi connectivity index (χ1) is 10.3. The lowest BCUT2D eigenvalue weighted by molar-refractivity contribution is -0.137. The minimum atomic E-state index is -4.61. The molecule has 0 saturated heterocycles. The van der Waals surface area contributed by atoms with Gasteiger partial charge in [0.2, 0.25) is 5.69 Å². The number of carboxylic acids is 1. The molecule has 1 aromatic carbocycles. The van der Waals surface area contributed by atoms with Gasteiger partial charge in [-0.1, -0.05) is 18.2 Å². The highest BCUT2D eigenvalue weighted by atomic mass is 19.4. The van der Waals surface area contributed by atoms with Gasteiger partial charge in [-0.05, 0) is 12.1 Å². The number of carbonyl (C=O) groups is 1. The largest absolute Gasteiger partial charge is 0.476 e. The van der Waals surface area contributed by atoms with Crippen LogP contribution in [0, 0.1) is 0 Å². The summed E-state index contributed by atoms with van der Waals surface area (Å²) in [5.74, 6) is -1.54. The molecule has 22 heavy (non-hydrogen) atoms. The molecule has 0 unspecified atom stereocenters. The molecule has 0 bridgehead atoms. The lowest BCUT2D eigenvalue weighted by Crippen LogP contribution is -2.12. The number of carboxylic acid groups (broad SMARTS) is 1. The van der Waals surface area contributed by atoms with Gasteiger partial charge in [-0.2, -0.15) is 13.2 Å². The second-order valence-electron chi connectivity index (χ2n) is 4.18. The zero-order valence-electron chi connectivity index (χ0n) is 11.1. The standard InChI is InChI=1S/C13H11F3N4O2/c1-2-7-17-11-10(12(21)22)18-20(19-11)9-6-4-3-5-8(9)13(14,15)16/h2-6H,1,7H2,(H,17,19)(H,21,22). The number of hydrogen-bond donors (Lipinski definition) is 2. The Labute approximate surface area is 122 Å². The number of benzene rings is 1. The topological polar surface area (TPSA) is 80.0 Å². The number of nitrogens with one attached hydrogen (secondary N) is 1. The molecule has 0 saturated carbocycles. The van der Waals surface area contributed by atoms with Gasteiger partial charge in [0.25, 0.3) is 0 Å². The Morgan fingerprint density at radius 1 is 1.36 bits per heavy atom. The summed E-state index contributed by atoms with van der Waals surface area (Å²) in [6.07, 6.45) is -3.16. The third-order valence-electron chi connectivity index (χ3n) is 2.66. The van der Waals surface area contributed by atoms with Crippen LogP contribution in [0.5, 0.6) is 0 Å². The van der Waals surface area contributed by atoms with Crippen molar-refractivity contribution in [1.29, 1.82) is 0 Å². The van der Waals surface area contributed by atoms with E-state index >= 15 is 0 Å². The molecule has 0 atom stereocenters. The maximum Gasteiger partial charge on any atom is 0.418 e. The van der Waals surface area contributed by atoms with E-state index in [1.165, 1.54) is 18.2 Å². The van der Waals surface area contributed by atoms with Gasteiger partial charge in [-0.15, -0.1) is 21.6 Å². The SMILES string of the molecule is C=CCNc1nn(-c2ccccc2C(F)(F)F)nc1C(=O)O. The smallest absolute Gasteiger partial charge is 0.418 e. The van der Waals surface area contributed by atoms with Crippen LogP contribution >= 0.6 is 0 Å². The maximum absolute atomic E-state index is 13.0. The number of alkyl halides is 3. The molecule has 0 spiro atoms. The van der Waals surface area contributed by atoms with Crippen LogP contribution in [0.2, 0.25) is 0 Å². The average Bonchev–Trinajstić information content (AvgIpc) is 2.88. The van der Waals surface area contributed by atoms with Crippen molar-refractivity contribution in [3.8, 4) is 5.69 Å². The Kier molecular flexibility index (Phi) is 4.15. The number of aromatic nitrogens is 3. The number of hydrogen-bond acceptors (Lipinski definition) is 4. The summed E-state index contributed by atoms with van der Waals surface area (Å²) in [6, 6.07) is 4.64. The Hall–Kier alpha value is -2.84. The second kappa shape index (κ2) is 5.88. The minimum Gasteiger partial charge on any atom is -0.476 e. The van der Waals surface area contributed by atoms with Crippen LogP contribution in [0.3, 0.4) is 0 Å². The molecule has 2 rings (SSSR count). The van der Waals surface area contributed by atoms with Crippen molar-refractivity contribution in [1.82, 2.24) is 15.0 Å². The van der Waals surface area contributed by atoms with E-state index < -0.39 is 23.4 Å². The molecule has 2 N–H and O–H groups in total. The van der Waals surface area contributed by atoms with Crippen LogP contribution in [-0.2, 0) is 6.18 Å². The third-order valence-corrected chi connectivity index (χ3v) is 2.66. The van der Waals surface area contributed by atoms with Gasteiger partial charge >= 0.3 is 12.1 Å². The number of aromatic carboxylic acids is 1. The number of nitrogens with zero attached hydrogens (tertiary/aromatic N) is 3. The third kappa shape index (κ3) is 3.08. The van der Waals surface area contributed by atoms with Gasteiger partial charge in [0.1, 0.15) is 0 Å². The lowest BCUT2D eigenvalue weighted by atomic mass is 10.2. The predicted octanol–water partition coefficient (Wildman–Crippen LogP) is 2.58. The highest BCUT2D eigenvalue weighted by Gasteiger charge is 2.34. The molecular weight excluding hydrogens is 301 g/mol. The van der Waals surface area contributed by atoms with Crippen LogP contribution in [0.1, 0.15) is 16.1 Å². The second-order valence-corrected chi connectivity index (χ2v) is 4.18. The number of anilines is 1. The van der Waals surface area contributed by atoms with Crippen LogP contribution in [0.4, 0.5) is 19.0 Å². The molecule has 9 heteroatoms. The van der Waals surface area contributed by atoms with Crippen molar-refractivity contribution < 1.29 is 23.1 Å². The van der Waals surface area contributed by atoms with E-state index in [1.54, 1.807) is 0 Å². The van der Waals surface area contributed by atoms with Crippen LogP contribution < -0.4 is 5.32 Å². The Bertz CT molecular complexity index is 710. The van der Waals surface area contributed by atoms with Gasteiger partial charge in [-0.3, -0.25) is 0 Å². The van der Waals surface area contributed by atoms with Gasteiger partial charge < -0.3 is 10.4 Å². The van der Waals surface area contributed by atoms with Gasteiger partial charge in [0.15, 0.2) is 5.82 Å². The van der Waals surface area contributed by atoms with E-state index in [9.17, 15) is 18.0 Å². The Morgan fingerprint density at radius 3 is 2.64 bits per heavy atom. The van der Waals surface area contributed by atoms with Crippen LogP contribution in [0.15, 0.2) is 36.9 Å². The van der Waals surface area contributed by atoms with E-state index in [4.69, 9.17) is 5.11 Å². The van der Waals surface area contributed by atoms with E-state index in [2.05, 4.69) is 22.1 Å². The van der Waals surface area contributed by atoms with E-state index in [0.717, 1.165) is 12.1 Å². The number of halogens is 3. The molecule has 1 heterocycles. The summed E-state index contributed by atoms with van der Waals surface area (Å²) in [4.78, 5) is 11.8. The molecule has 0 aliphatic carbocycles. The summed E-state index contributed by atoms with van der Waals surface area (Å²) >= 11 is 0. The highest BCUT2D eigenvalue weighted by molar-refractivity contribution is 5.90. The molecule has 0 aliphatic heterocycles. The first-order valence-corrected chi connectivity index (χ1v) is 6.06. The summed E-state index contributed by atoms with van der Waals surface area (Å²) in [6.45, 7) is 3.64. The summed E-state index contributed by atoms with van der Waals surface area (Å²) < 4.78 is 39.0. The first-order valence-electron chi connectivity index (χ1n) is 6.06.